The van der Waals surface area contributed by atoms with Crippen molar-refractivity contribution in [3.05, 3.63) is 60.4 Å². The van der Waals surface area contributed by atoms with Gasteiger partial charge in [-0.15, -0.1) is 0 Å². The number of nitrogens with zero attached hydrogens (tertiary/aromatic N) is 1. The summed E-state index contributed by atoms with van der Waals surface area (Å²) >= 11 is 0. The molecule has 1 aromatic carbocycles. The minimum Gasteiger partial charge on any atom is -1.00 e. The molecule has 0 aliphatic heterocycles. The standard InChI is InChI=1S/C12H12N2.ClH/c13-12-6-8-14(9-7-12)10-11-4-2-1-3-5-11;/h1-9,13H,10H2;1H. The van der Waals surface area contributed by atoms with Crippen molar-refractivity contribution in [2.75, 3.05) is 5.73 Å². The van der Waals surface area contributed by atoms with Crippen LogP contribution in [0.5, 0.6) is 0 Å². The maximum absolute atomic E-state index is 5.61. The van der Waals surface area contributed by atoms with Crippen LogP contribution in [0.25, 0.3) is 0 Å². The number of rotatable bonds is 2. The molecule has 0 bridgehead atoms. The van der Waals surface area contributed by atoms with Gasteiger partial charge in [-0.1, -0.05) is 30.3 Å². The van der Waals surface area contributed by atoms with Crippen LogP contribution in [0.1, 0.15) is 5.56 Å². The molecule has 0 atom stereocenters. The first-order chi connectivity index (χ1) is 6.84. The predicted molar refractivity (Wildman–Crippen MR) is 56.6 cm³/mol. The summed E-state index contributed by atoms with van der Waals surface area (Å²) in [5.74, 6) is 0. The van der Waals surface area contributed by atoms with Gasteiger partial charge in [-0.2, -0.15) is 0 Å². The van der Waals surface area contributed by atoms with Crippen LogP contribution in [0.3, 0.4) is 0 Å². The first-order valence-corrected chi connectivity index (χ1v) is 4.63. The van der Waals surface area contributed by atoms with Crippen molar-refractivity contribution in [1.29, 1.82) is 0 Å². The first-order valence-electron chi connectivity index (χ1n) is 4.63. The minimum atomic E-state index is 0. The summed E-state index contributed by atoms with van der Waals surface area (Å²) in [5.41, 5.74) is 7.70. The normalized spacial score (nSPS) is 9.33. The molecule has 0 fully saturated rings. The van der Waals surface area contributed by atoms with Crippen molar-refractivity contribution in [3.8, 4) is 0 Å². The van der Waals surface area contributed by atoms with Crippen LogP contribution >= 0.6 is 0 Å². The Balaban J connectivity index is 0.00000112. The van der Waals surface area contributed by atoms with Crippen LogP contribution in [0.15, 0.2) is 54.9 Å². The maximum atomic E-state index is 5.61. The molecule has 2 rings (SSSR count). The Labute approximate surface area is 95.8 Å². The van der Waals surface area contributed by atoms with Crippen LogP contribution < -0.4 is 22.7 Å². The largest absolute Gasteiger partial charge is 1.00 e. The van der Waals surface area contributed by atoms with Gasteiger partial charge in [0.25, 0.3) is 0 Å². The van der Waals surface area contributed by atoms with E-state index in [1.54, 1.807) is 0 Å². The first kappa shape index (κ1) is 11.5. The topological polar surface area (TPSA) is 29.9 Å². The Hall–Kier alpha value is -1.54. The number of aromatic nitrogens is 1. The third-order valence-electron chi connectivity index (χ3n) is 2.12. The molecule has 15 heavy (non-hydrogen) atoms. The average molecular weight is 221 g/mol. The van der Waals surface area contributed by atoms with Crippen LogP contribution in [0.2, 0.25) is 0 Å². The molecule has 0 unspecified atom stereocenters. The molecule has 0 aliphatic carbocycles. The van der Waals surface area contributed by atoms with Crippen molar-refractivity contribution in [2.45, 2.75) is 6.54 Å². The molecule has 78 valence electrons. The highest BCUT2D eigenvalue weighted by molar-refractivity contribution is 5.32. The Bertz CT molecular complexity index is 398. The fourth-order valence-corrected chi connectivity index (χ4v) is 1.37. The molecular weight excluding hydrogens is 208 g/mol. The summed E-state index contributed by atoms with van der Waals surface area (Å²) in [6, 6.07) is 14.2. The van der Waals surface area contributed by atoms with Crippen molar-refractivity contribution in [2.24, 2.45) is 0 Å². The van der Waals surface area contributed by atoms with Gasteiger partial charge in [0.1, 0.15) is 0 Å². The number of nitrogens with two attached hydrogens (primary N) is 1. The highest BCUT2D eigenvalue weighted by atomic mass is 35.5. The summed E-state index contributed by atoms with van der Waals surface area (Å²) in [4.78, 5) is 0. The zero-order valence-electron chi connectivity index (χ0n) is 8.31. The molecule has 2 aromatic rings. The van der Waals surface area contributed by atoms with Crippen molar-refractivity contribution in [1.82, 2.24) is 0 Å². The van der Waals surface area contributed by atoms with Gasteiger partial charge < -0.3 is 18.1 Å². The van der Waals surface area contributed by atoms with E-state index >= 15 is 0 Å². The van der Waals surface area contributed by atoms with E-state index in [0.29, 0.717) is 0 Å². The van der Waals surface area contributed by atoms with E-state index in [1.165, 1.54) is 5.56 Å². The van der Waals surface area contributed by atoms with Gasteiger partial charge >= 0.3 is 0 Å². The summed E-state index contributed by atoms with van der Waals surface area (Å²) in [5, 5.41) is 0. The van der Waals surface area contributed by atoms with Gasteiger partial charge in [0.05, 0.1) is 0 Å². The van der Waals surface area contributed by atoms with Crippen LogP contribution in [0, 0.1) is 0 Å². The van der Waals surface area contributed by atoms with Crippen molar-refractivity contribution < 1.29 is 17.0 Å². The van der Waals surface area contributed by atoms with Gasteiger partial charge in [0, 0.05) is 23.4 Å². The molecule has 1 heterocycles. The molecule has 1 aromatic heterocycles. The van der Waals surface area contributed by atoms with Gasteiger partial charge in [-0.05, 0) is 0 Å². The number of nitrogen functional groups attached to an aromatic ring is 1. The second kappa shape index (κ2) is 5.37. The maximum Gasteiger partial charge on any atom is 0.173 e. The molecule has 0 saturated heterocycles. The summed E-state index contributed by atoms with van der Waals surface area (Å²) in [6.45, 7) is 0.890. The Kier molecular flexibility index (Phi) is 4.13. The van der Waals surface area contributed by atoms with Gasteiger partial charge in [-0.3, -0.25) is 0 Å². The third kappa shape index (κ3) is 3.26. The second-order valence-corrected chi connectivity index (χ2v) is 3.29. The lowest BCUT2D eigenvalue weighted by molar-refractivity contribution is -0.688. The molecule has 2 nitrogen and oxygen atoms in total. The molecule has 3 heteroatoms. The average Bonchev–Trinajstić information content (AvgIpc) is 2.23. The summed E-state index contributed by atoms with van der Waals surface area (Å²) < 4.78 is 2.10. The third-order valence-corrected chi connectivity index (χ3v) is 2.12. The lowest BCUT2D eigenvalue weighted by Gasteiger charge is -1.97. The van der Waals surface area contributed by atoms with Gasteiger partial charge in [-0.25, -0.2) is 4.57 Å². The predicted octanol–water partition coefficient (Wildman–Crippen LogP) is -1.39. The van der Waals surface area contributed by atoms with E-state index in [9.17, 15) is 0 Å². The number of anilines is 1. The van der Waals surface area contributed by atoms with Gasteiger partial charge in [0.15, 0.2) is 18.9 Å². The second-order valence-electron chi connectivity index (χ2n) is 3.29. The SMILES string of the molecule is Nc1cc[n+](Cc2ccccc2)cc1.[Cl-]. The lowest BCUT2D eigenvalue weighted by Crippen LogP contribution is -3.00. The number of hydrogen-bond acceptors (Lipinski definition) is 1. The fraction of sp³-hybridized carbons (Fsp3) is 0.0833. The summed E-state index contributed by atoms with van der Waals surface area (Å²) in [6.07, 6.45) is 3.98. The molecule has 2 N–H and O–H groups in total. The quantitative estimate of drug-likeness (QED) is 0.621. The number of benzene rings is 1. The zero-order valence-corrected chi connectivity index (χ0v) is 9.06. The summed E-state index contributed by atoms with van der Waals surface area (Å²) in [7, 11) is 0. The Morgan fingerprint density at radius 2 is 1.53 bits per heavy atom. The van der Waals surface area contributed by atoms with Crippen LogP contribution in [0.4, 0.5) is 5.69 Å². The van der Waals surface area contributed by atoms with Crippen molar-refractivity contribution in [3.63, 3.8) is 0 Å². The molecule has 0 radical (unpaired) electrons. The fourth-order valence-electron chi connectivity index (χ4n) is 1.37. The lowest BCUT2D eigenvalue weighted by atomic mass is 10.2. The van der Waals surface area contributed by atoms with E-state index in [4.69, 9.17) is 5.73 Å². The molecule has 0 saturated carbocycles. The van der Waals surface area contributed by atoms with E-state index in [2.05, 4.69) is 16.7 Å². The molecule has 0 aliphatic rings. The minimum absolute atomic E-state index is 0. The van der Waals surface area contributed by atoms with Crippen LogP contribution in [-0.2, 0) is 6.54 Å². The Morgan fingerprint density at radius 3 is 2.13 bits per heavy atom. The monoisotopic (exact) mass is 220 g/mol. The van der Waals surface area contributed by atoms with E-state index in [1.807, 2.05) is 42.7 Å². The molecule has 0 amide bonds. The highest BCUT2D eigenvalue weighted by Crippen LogP contribution is 1.99. The van der Waals surface area contributed by atoms with E-state index < -0.39 is 0 Å². The highest BCUT2D eigenvalue weighted by Gasteiger charge is 2.00. The number of halogens is 1. The van der Waals surface area contributed by atoms with E-state index in [0.717, 1.165) is 12.2 Å². The number of pyridine rings is 1. The zero-order chi connectivity index (χ0) is 9.80. The number of hydrogen-bond donors (Lipinski definition) is 1. The molecular formula is C12H13ClN2. The molecule has 0 spiro atoms. The Morgan fingerprint density at radius 1 is 0.933 bits per heavy atom. The van der Waals surface area contributed by atoms with Crippen molar-refractivity contribution >= 4 is 5.69 Å². The van der Waals surface area contributed by atoms with Gasteiger partial charge in [0.2, 0.25) is 0 Å². The smallest absolute Gasteiger partial charge is 0.173 e. The van der Waals surface area contributed by atoms with Crippen LogP contribution in [-0.4, -0.2) is 0 Å². The van der Waals surface area contributed by atoms with E-state index in [-0.39, 0.29) is 12.4 Å².